The second-order valence-electron chi connectivity index (χ2n) is 5.88. The molecule has 1 aliphatic heterocycles. The van der Waals surface area contributed by atoms with Gasteiger partial charge in [0, 0.05) is 30.2 Å². The normalized spacial score (nSPS) is 17.0. The summed E-state index contributed by atoms with van der Waals surface area (Å²) in [4.78, 5) is 19.6. The number of hydrogen-bond donors (Lipinski definition) is 1. The molecule has 0 spiro atoms. The molecule has 3 heterocycles. The molecule has 1 atom stereocenters. The maximum atomic E-state index is 6.00. The number of ether oxygens (including phenoxy) is 1. The average molecular weight is 357 g/mol. The lowest BCUT2D eigenvalue weighted by molar-refractivity contribution is 0.397. The number of benzene rings is 1. The van der Waals surface area contributed by atoms with Gasteiger partial charge >= 0.3 is 0 Å². The van der Waals surface area contributed by atoms with Crippen molar-refractivity contribution in [1.82, 2.24) is 19.9 Å². The maximum absolute atomic E-state index is 6.00. The predicted octanol–water partition coefficient (Wildman–Crippen LogP) is 2.77. The highest BCUT2D eigenvalue weighted by Gasteiger charge is 2.24. The number of halogens is 1. The van der Waals surface area contributed by atoms with E-state index in [0.29, 0.717) is 10.9 Å². The first kappa shape index (κ1) is 15.8. The zero-order chi connectivity index (χ0) is 17.2. The van der Waals surface area contributed by atoms with Crippen LogP contribution < -0.4 is 15.0 Å². The van der Waals surface area contributed by atoms with Gasteiger partial charge in [0.15, 0.2) is 0 Å². The summed E-state index contributed by atoms with van der Waals surface area (Å²) in [6, 6.07) is 7.63. The summed E-state index contributed by atoms with van der Waals surface area (Å²) in [7, 11) is 1.59. The Balaban J connectivity index is 1.47. The van der Waals surface area contributed by atoms with Crippen molar-refractivity contribution < 1.29 is 4.74 Å². The summed E-state index contributed by atoms with van der Waals surface area (Å²) >= 11 is 6.00. The molecule has 0 saturated carbocycles. The van der Waals surface area contributed by atoms with Crippen LogP contribution in [0.25, 0.3) is 11.0 Å². The van der Waals surface area contributed by atoms with Crippen LogP contribution in [0.5, 0.6) is 5.88 Å². The summed E-state index contributed by atoms with van der Waals surface area (Å²) in [6.45, 7) is 1.74. The fourth-order valence-corrected chi connectivity index (χ4v) is 3.12. The third-order valence-electron chi connectivity index (χ3n) is 4.21. The molecule has 2 aromatic heterocycles. The van der Waals surface area contributed by atoms with E-state index in [1.54, 1.807) is 19.4 Å². The van der Waals surface area contributed by atoms with Gasteiger partial charge in [0.1, 0.15) is 18.0 Å². The highest BCUT2D eigenvalue weighted by atomic mass is 35.5. The van der Waals surface area contributed by atoms with Crippen molar-refractivity contribution in [3.8, 4) is 5.88 Å². The predicted molar refractivity (Wildman–Crippen MR) is 97.4 cm³/mol. The Hall–Kier alpha value is -2.67. The van der Waals surface area contributed by atoms with E-state index in [4.69, 9.17) is 21.3 Å². The van der Waals surface area contributed by atoms with Gasteiger partial charge in [-0.2, -0.15) is 0 Å². The number of aromatic nitrogens is 4. The highest BCUT2D eigenvalue weighted by molar-refractivity contribution is 6.31. The summed E-state index contributed by atoms with van der Waals surface area (Å²) in [6.07, 6.45) is 4.29. The SMILES string of the molecule is COc1cc(NC2CCN(c3cnc4cc(Cl)ccc4n3)C2)ncn1. The molecule has 1 aromatic carbocycles. The van der Waals surface area contributed by atoms with E-state index in [9.17, 15) is 0 Å². The van der Waals surface area contributed by atoms with Crippen LogP contribution >= 0.6 is 11.6 Å². The molecular formula is C17H17ClN6O. The first-order chi connectivity index (χ1) is 12.2. The standard InChI is InChI=1S/C17H17ClN6O/c1-25-17-7-15(20-10-21-17)22-12-4-5-24(9-12)16-8-19-14-6-11(18)2-3-13(14)23-16/h2-3,6-8,10,12H,4-5,9H2,1H3,(H,20,21,22). The number of nitrogens with zero attached hydrogens (tertiary/aromatic N) is 5. The van der Waals surface area contributed by atoms with Gasteiger partial charge in [0.25, 0.3) is 0 Å². The monoisotopic (exact) mass is 356 g/mol. The third-order valence-corrected chi connectivity index (χ3v) is 4.44. The zero-order valence-corrected chi connectivity index (χ0v) is 14.4. The lowest BCUT2D eigenvalue weighted by Crippen LogP contribution is -2.27. The largest absolute Gasteiger partial charge is 0.481 e. The number of fused-ring (bicyclic) bond motifs is 1. The molecule has 1 saturated heterocycles. The van der Waals surface area contributed by atoms with E-state index in [1.807, 2.05) is 18.2 Å². The Bertz CT molecular complexity index is 905. The van der Waals surface area contributed by atoms with Gasteiger partial charge in [-0.25, -0.2) is 15.0 Å². The zero-order valence-electron chi connectivity index (χ0n) is 13.7. The number of anilines is 2. The average Bonchev–Trinajstić information content (AvgIpc) is 3.10. The number of rotatable bonds is 4. The van der Waals surface area contributed by atoms with Crippen LogP contribution in [0.1, 0.15) is 6.42 Å². The molecule has 0 aliphatic carbocycles. The van der Waals surface area contributed by atoms with E-state index in [1.165, 1.54) is 6.33 Å². The van der Waals surface area contributed by atoms with Crippen molar-refractivity contribution in [3.63, 3.8) is 0 Å². The topological polar surface area (TPSA) is 76.1 Å². The van der Waals surface area contributed by atoms with Gasteiger partial charge in [-0.1, -0.05) is 11.6 Å². The Morgan fingerprint density at radius 3 is 3.00 bits per heavy atom. The molecule has 0 amide bonds. The maximum Gasteiger partial charge on any atom is 0.218 e. The molecule has 1 fully saturated rings. The quantitative estimate of drug-likeness (QED) is 0.770. The molecule has 0 radical (unpaired) electrons. The third kappa shape index (κ3) is 3.41. The number of methoxy groups -OCH3 is 1. The highest BCUT2D eigenvalue weighted by Crippen LogP contribution is 2.23. The van der Waals surface area contributed by atoms with Crippen LogP contribution in [-0.4, -0.2) is 46.2 Å². The minimum atomic E-state index is 0.280. The van der Waals surface area contributed by atoms with E-state index in [2.05, 4.69) is 25.2 Å². The summed E-state index contributed by atoms with van der Waals surface area (Å²) in [5.74, 6) is 2.18. The van der Waals surface area contributed by atoms with Crippen LogP contribution in [0.4, 0.5) is 11.6 Å². The first-order valence-corrected chi connectivity index (χ1v) is 8.39. The summed E-state index contributed by atoms with van der Waals surface area (Å²) in [5, 5.41) is 4.09. The molecule has 1 unspecified atom stereocenters. The van der Waals surface area contributed by atoms with Crippen LogP contribution in [0.15, 0.2) is 36.8 Å². The first-order valence-electron chi connectivity index (χ1n) is 8.01. The lowest BCUT2D eigenvalue weighted by atomic mass is 10.2. The van der Waals surface area contributed by atoms with Crippen LogP contribution in [0.3, 0.4) is 0 Å². The fourth-order valence-electron chi connectivity index (χ4n) is 2.95. The van der Waals surface area contributed by atoms with Crippen LogP contribution in [0.2, 0.25) is 5.02 Å². The molecule has 1 N–H and O–H groups in total. The van der Waals surface area contributed by atoms with Crippen LogP contribution in [-0.2, 0) is 0 Å². The molecular weight excluding hydrogens is 340 g/mol. The van der Waals surface area contributed by atoms with Gasteiger partial charge in [0.05, 0.1) is 24.3 Å². The number of nitrogens with one attached hydrogen (secondary N) is 1. The minimum absolute atomic E-state index is 0.280. The van der Waals surface area contributed by atoms with Crippen molar-refractivity contribution in [1.29, 1.82) is 0 Å². The second kappa shape index (κ2) is 6.68. The Labute approximate surface area is 150 Å². The smallest absolute Gasteiger partial charge is 0.218 e. The van der Waals surface area contributed by atoms with Crippen molar-refractivity contribution in [2.45, 2.75) is 12.5 Å². The molecule has 4 rings (SSSR count). The molecule has 7 nitrogen and oxygen atoms in total. The second-order valence-corrected chi connectivity index (χ2v) is 6.32. The molecule has 0 bridgehead atoms. The van der Waals surface area contributed by atoms with Gasteiger partial charge in [-0.3, -0.25) is 4.98 Å². The number of hydrogen-bond acceptors (Lipinski definition) is 7. The van der Waals surface area contributed by atoms with E-state index < -0.39 is 0 Å². The molecule has 3 aromatic rings. The van der Waals surface area contributed by atoms with Crippen molar-refractivity contribution >= 4 is 34.3 Å². The van der Waals surface area contributed by atoms with Crippen molar-refractivity contribution in [2.24, 2.45) is 0 Å². The Morgan fingerprint density at radius 2 is 2.12 bits per heavy atom. The van der Waals surface area contributed by atoms with Crippen molar-refractivity contribution in [2.75, 3.05) is 30.4 Å². The van der Waals surface area contributed by atoms with Crippen LogP contribution in [0, 0.1) is 0 Å². The molecule has 8 heteroatoms. The van der Waals surface area contributed by atoms with E-state index >= 15 is 0 Å². The summed E-state index contributed by atoms with van der Waals surface area (Å²) < 4.78 is 5.13. The van der Waals surface area contributed by atoms with E-state index in [-0.39, 0.29) is 6.04 Å². The van der Waals surface area contributed by atoms with Gasteiger partial charge in [-0.05, 0) is 24.6 Å². The van der Waals surface area contributed by atoms with Gasteiger partial charge in [0.2, 0.25) is 5.88 Å². The fraction of sp³-hybridized carbons (Fsp3) is 0.294. The Kier molecular flexibility index (Phi) is 4.23. The van der Waals surface area contributed by atoms with Crippen molar-refractivity contribution in [3.05, 3.63) is 41.8 Å². The van der Waals surface area contributed by atoms with E-state index in [0.717, 1.165) is 42.2 Å². The molecule has 1 aliphatic rings. The molecule has 128 valence electrons. The minimum Gasteiger partial charge on any atom is -0.481 e. The van der Waals surface area contributed by atoms with Gasteiger partial charge in [-0.15, -0.1) is 0 Å². The summed E-state index contributed by atoms with van der Waals surface area (Å²) in [5.41, 5.74) is 1.65. The Morgan fingerprint density at radius 1 is 1.20 bits per heavy atom. The lowest BCUT2D eigenvalue weighted by Gasteiger charge is -2.18. The van der Waals surface area contributed by atoms with Gasteiger partial charge < -0.3 is 15.0 Å². The molecule has 25 heavy (non-hydrogen) atoms.